The number of benzene rings is 2. The van der Waals surface area contributed by atoms with Gasteiger partial charge < -0.3 is 9.84 Å². The predicted octanol–water partition coefficient (Wildman–Crippen LogP) is 3.78. The number of hydrogen-bond donors (Lipinski definition) is 1. The molecule has 0 radical (unpaired) electrons. The van der Waals surface area contributed by atoms with Crippen LogP contribution in [-0.2, 0) is 17.9 Å². The molecule has 2 aromatic rings. The second-order valence-electron chi connectivity index (χ2n) is 6.66. The average Bonchev–Trinajstić information content (AvgIpc) is 2.57. The third kappa shape index (κ3) is 6.44. The van der Waals surface area contributed by atoms with Gasteiger partial charge in [0.05, 0.1) is 19.3 Å². The highest BCUT2D eigenvalue weighted by Crippen LogP contribution is 2.11. The molecule has 3 heteroatoms. The summed E-state index contributed by atoms with van der Waals surface area (Å²) in [6.45, 7) is 8.76. The van der Waals surface area contributed by atoms with Crippen LogP contribution in [0.3, 0.4) is 0 Å². The second kappa shape index (κ2) is 9.58. The Balaban J connectivity index is 1.79. The molecule has 0 saturated carbocycles. The van der Waals surface area contributed by atoms with Crippen molar-refractivity contribution in [1.29, 1.82) is 0 Å². The lowest BCUT2D eigenvalue weighted by atomic mass is 10.1. The fourth-order valence-corrected chi connectivity index (χ4v) is 2.60. The Bertz CT molecular complexity index is 581. The number of ether oxygens (including phenoxy) is 1. The molecule has 0 aromatic heterocycles. The minimum absolute atomic E-state index is 0.353. The monoisotopic (exact) mass is 327 g/mol. The van der Waals surface area contributed by atoms with Crippen LogP contribution in [0.15, 0.2) is 54.6 Å². The minimum atomic E-state index is -0.485. The number of rotatable bonds is 9. The summed E-state index contributed by atoms with van der Waals surface area (Å²) in [7, 11) is 0. The smallest absolute Gasteiger partial charge is 0.0900 e. The van der Waals surface area contributed by atoms with Crippen LogP contribution in [0.5, 0.6) is 0 Å². The van der Waals surface area contributed by atoms with Gasteiger partial charge in [0, 0.05) is 19.1 Å². The number of aliphatic hydroxyl groups is 1. The van der Waals surface area contributed by atoms with E-state index in [0.29, 0.717) is 25.8 Å². The van der Waals surface area contributed by atoms with E-state index in [2.05, 4.69) is 49.9 Å². The second-order valence-corrected chi connectivity index (χ2v) is 6.66. The molecule has 0 saturated heterocycles. The molecule has 0 heterocycles. The molecule has 24 heavy (non-hydrogen) atoms. The highest BCUT2D eigenvalue weighted by Gasteiger charge is 2.15. The Kier molecular flexibility index (Phi) is 7.44. The highest BCUT2D eigenvalue weighted by atomic mass is 16.5. The minimum Gasteiger partial charge on any atom is -0.389 e. The molecule has 0 fully saturated rings. The SMILES string of the molecule is Cc1ccc(CN(C[C@@H](O)COCc2ccccc2)C(C)C)cc1. The standard InChI is InChI=1S/C21H29NO2/c1-17(2)22(13-19-11-9-18(3)10-12-19)14-21(23)16-24-15-20-7-5-4-6-8-20/h4-12,17,21,23H,13-16H2,1-3H3/t21-/m1/s1. The van der Waals surface area contributed by atoms with Crippen molar-refractivity contribution in [3.8, 4) is 0 Å². The normalized spacial score (nSPS) is 12.8. The molecule has 0 aliphatic carbocycles. The molecule has 0 aliphatic heterocycles. The van der Waals surface area contributed by atoms with Crippen LogP contribution in [0.25, 0.3) is 0 Å². The van der Waals surface area contributed by atoms with E-state index in [4.69, 9.17) is 4.74 Å². The molecule has 1 N–H and O–H groups in total. The summed E-state index contributed by atoms with van der Waals surface area (Å²) >= 11 is 0. The van der Waals surface area contributed by atoms with Gasteiger partial charge in [0.15, 0.2) is 0 Å². The Morgan fingerprint density at radius 3 is 2.25 bits per heavy atom. The van der Waals surface area contributed by atoms with Crippen LogP contribution in [0, 0.1) is 6.92 Å². The van der Waals surface area contributed by atoms with Crippen molar-refractivity contribution in [3.05, 3.63) is 71.3 Å². The van der Waals surface area contributed by atoms with Crippen LogP contribution in [0.4, 0.5) is 0 Å². The largest absolute Gasteiger partial charge is 0.389 e. The highest BCUT2D eigenvalue weighted by molar-refractivity contribution is 5.21. The van der Waals surface area contributed by atoms with Crippen LogP contribution >= 0.6 is 0 Å². The van der Waals surface area contributed by atoms with Gasteiger partial charge in [-0.05, 0) is 31.9 Å². The van der Waals surface area contributed by atoms with Gasteiger partial charge in [0.2, 0.25) is 0 Å². The fraction of sp³-hybridized carbons (Fsp3) is 0.429. The van der Waals surface area contributed by atoms with E-state index in [9.17, 15) is 5.11 Å². The lowest BCUT2D eigenvalue weighted by Gasteiger charge is -2.28. The van der Waals surface area contributed by atoms with Gasteiger partial charge in [0.1, 0.15) is 0 Å². The van der Waals surface area contributed by atoms with E-state index in [1.165, 1.54) is 11.1 Å². The summed E-state index contributed by atoms with van der Waals surface area (Å²) in [5.41, 5.74) is 3.67. The zero-order valence-electron chi connectivity index (χ0n) is 15.0. The molecule has 3 nitrogen and oxygen atoms in total. The van der Waals surface area contributed by atoms with Crippen molar-refractivity contribution >= 4 is 0 Å². The predicted molar refractivity (Wildman–Crippen MR) is 98.8 cm³/mol. The van der Waals surface area contributed by atoms with E-state index in [1.54, 1.807) is 0 Å². The molecule has 2 aromatic carbocycles. The third-order valence-corrected chi connectivity index (χ3v) is 4.10. The van der Waals surface area contributed by atoms with Crippen molar-refractivity contribution in [2.75, 3.05) is 13.2 Å². The van der Waals surface area contributed by atoms with E-state index in [1.807, 2.05) is 30.3 Å². The van der Waals surface area contributed by atoms with Crippen molar-refractivity contribution in [3.63, 3.8) is 0 Å². The van der Waals surface area contributed by atoms with E-state index >= 15 is 0 Å². The molecular weight excluding hydrogens is 298 g/mol. The topological polar surface area (TPSA) is 32.7 Å². The lowest BCUT2D eigenvalue weighted by Crippen LogP contribution is -2.38. The zero-order valence-corrected chi connectivity index (χ0v) is 15.0. The van der Waals surface area contributed by atoms with Gasteiger partial charge in [-0.1, -0.05) is 60.2 Å². The van der Waals surface area contributed by atoms with Crippen LogP contribution in [0.2, 0.25) is 0 Å². The van der Waals surface area contributed by atoms with E-state index < -0.39 is 6.10 Å². The molecule has 1 atom stereocenters. The first-order valence-corrected chi connectivity index (χ1v) is 8.64. The first-order valence-electron chi connectivity index (χ1n) is 8.64. The summed E-state index contributed by atoms with van der Waals surface area (Å²) < 4.78 is 5.65. The van der Waals surface area contributed by atoms with Crippen LogP contribution in [0.1, 0.15) is 30.5 Å². The van der Waals surface area contributed by atoms with Crippen LogP contribution < -0.4 is 0 Å². The number of aliphatic hydroxyl groups excluding tert-OH is 1. The maximum absolute atomic E-state index is 10.3. The summed E-state index contributed by atoms with van der Waals surface area (Å²) in [5, 5.41) is 10.3. The number of nitrogens with zero attached hydrogens (tertiary/aromatic N) is 1. The quantitative estimate of drug-likeness (QED) is 0.761. The van der Waals surface area contributed by atoms with Crippen molar-refractivity contribution in [1.82, 2.24) is 4.90 Å². The van der Waals surface area contributed by atoms with Gasteiger partial charge in [-0.25, -0.2) is 0 Å². The molecule has 0 aliphatic rings. The summed E-state index contributed by atoms with van der Waals surface area (Å²) in [6.07, 6.45) is -0.485. The molecule has 0 bridgehead atoms. The van der Waals surface area contributed by atoms with E-state index in [-0.39, 0.29) is 0 Å². The summed E-state index contributed by atoms with van der Waals surface area (Å²) in [4.78, 5) is 2.28. The van der Waals surface area contributed by atoms with E-state index in [0.717, 1.165) is 12.1 Å². The molecule has 130 valence electrons. The Labute approximate surface area is 145 Å². The Hall–Kier alpha value is -1.68. The van der Waals surface area contributed by atoms with Crippen LogP contribution in [-0.4, -0.2) is 35.3 Å². The molecule has 0 amide bonds. The molecule has 0 unspecified atom stereocenters. The van der Waals surface area contributed by atoms with Crippen molar-refractivity contribution in [2.45, 2.75) is 46.1 Å². The Morgan fingerprint density at radius 2 is 1.62 bits per heavy atom. The van der Waals surface area contributed by atoms with Crippen molar-refractivity contribution in [2.24, 2.45) is 0 Å². The van der Waals surface area contributed by atoms with Crippen molar-refractivity contribution < 1.29 is 9.84 Å². The third-order valence-electron chi connectivity index (χ3n) is 4.10. The fourth-order valence-electron chi connectivity index (χ4n) is 2.60. The van der Waals surface area contributed by atoms with Gasteiger partial charge in [-0.2, -0.15) is 0 Å². The van der Waals surface area contributed by atoms with Gasteiger partial charge in [-0.15, -0.1) is 0 Å². The number of aryl methyl sites for hydroxylation is 1. The summed E-state index contributed by atoms with van der Waals surface area (Å²) in [5.74, 6) is 0. The summed E-state index contributed by atoms with van der Waals surface area (Å²) in [6, 6.07) is 19.0. The van der Waals surface area contributed by atoms with Gasteiger partial charge in [-0.3, -0.25) is 4.90 Å². The number of hydrogen-bond acceptors (Lipinski definition) is 3. The average molecular weight is 327 g/mol. The first-order chi connectivity index (χ1) is 11.5. The van der Waals surface area contributed by atoms with Gasteiger partial charge >= 0.3 is 0 Å². The molecule has 0 spiro atoms. The molecule has 2 rings (SSSR count). The van der Waals surface area contributed by atoms with Gasteiger partial charge in [0.25, 0.3) is 0 Å². The zero-order chi connectivity index (χ0) is 17.4. The Morgan fingerprint density at radius 1 is 0.958 bits per heavy atom. The maximum Gasteiger partial charge on any atom is 0.0900 e. The first kappa shape index (κ1) is 18.7. The maximum atomic E-state index is 10.3. The molecular formula is C21H29NO2. The lowest BCUT2D eigenvalue weighted by molar-refractivity contribution is 0.00314.